The van der Waals surface area contributed by atoms with Crippen molar-refractivity contribution in [3.63, 3.8) is 0 Å². The largest absolute Gasteiger partial charge is 0.492 e. The van der Waals surface area contributed by atoms with Crippen LogP contribution >= 0.6 is 11.3 Å². The van der Waals surface area contributed by atoms with Gasteiger partial charge in [0.25, 0.3) is 11.8 Å². The molecule has 1 aliphatic carbocycles. The third kappa shape index (κ3) is 6.44. The Hall–Kier alpha value is -4.96. The van der Waals surface area contributed by atoms with Gasteiger partial charge >= 0.3 is 22.3 Å². The summed E-state index contributed by atoms with van der Waals surface area (Å²) >= 11 is 0.913. The number of aliphatic carboxylic acids is 1. The number of nitrogen functional groups attached to an aromatic ring is 1. The van der Waals surface area contributed by atoms with E-state index < -0.39 is 81.9 Å². The zero-order valence-electron chi connectivity index (χ0n) is 21.7. The number of nitrogens with one attached hydrogen (secondary N) is 3. The fraction of sp³-hybridized carbons (Fsp3) is 0.381. The maximum Gasteiger partial charge on any atom is 0.362 e. The summed E-state index contributed by atoms with van der Waals surface area (Å²) in [6, 6.07) is -2.55. The molecule has 9 N–H and O–H groups in total. The van der Waals surface area contributed by atoms with Gasteiger partial charge in [0.05, 0.1) is 18.3 Å². The van der Waals surface area contributed by atoms with Gasteiger partial charge in [0, 0.05) is 36.9 Å². The second-order valence-electron chi connectivity index (χ2n) is 9.30. The number of rotatable bonds is 11. The summed E-state index contributed by atoms with van der Waals surface area (Å²) in [5.74, 6) is -4.52. The number of pyridine rings is 1. The van der Waals surface area contributed by atoms with Crippen molar-refractivity contribution < 1.29 is 52.4 Å². The molecule has 1 saturated carbocycles. The number of anilines is 1. The van der Waals surface area contributed by atoms with E-state index in [-0.39, 0.29) is 38.4 Å². The molecule has 232 valence electrons. The number of urea groups is 1. The van der Waals surface area contributed by atoms with Crippen LogP contribution in [0.4, 0.5) is 9.93 Å². The first-order valence-corrected chi connectivity index (χ1v) is 14.4. The Kier molecular flexibility index (Phi) is 8.45. The van der Waals surface area contributed by atoms with Gasteiger partial charge in [-0.1, -0.05) is 5.16 Å². The Morgan fingerprint density at radius 3 is 2.49 bits per heavy atom. The molecule has 43 heavy (non-hydrogen) atoms. The van der Waals surface area contributed by atoms with Crippen molar-refractivity contribution in [2.24, 2.45) is 5.16 Å². The fourth-order valence-corrected chi connectivity index (χ4v) is 5.53. The molecule has 2 fully saturated rings. The number of hydrogen-bond acceptors (Lipinski definition) is 14. The van der Waals surface area contributed by atoms with Crippen LogP contribution in [0.25, 0.3) is 0 Å². The van der Waals surface area contributed by atoms with Crippen LogP contribution in [0, 0.1) is 0 Å². The maximum atomic E-state index is 13.2. The van der Waals surface area contributed by atoms with E-state index in [1.807, 2.05) is 0 Å². The van der Waals surface area contributed by atoms with Gasteiger partial charge in [-0.2, -0.15) is 13.1 Å². The van der Waals surface area contributed by atoms with Crippen LogP contribution in [-0.2, 0) is 36.1 Å². The Balaban J connectivity index is 1.48. The average Bonchev–Trinajstić information content (AvgIpc) is 3.31. The molecule has 20 nitrogen and oxygen atoms in total. The van der Waals surface area contributed by atoms with Crippen molar-refractivity contribution in [2.75, 3.05) is 12.3 Å². The van der Waals surface area contributed by atoms with Crippen LogP contribution in [0.15, 0.2) is 27.5 Å². The highest BCUT2D eigenvalue weighted by Crippen LogP contribution is 2.36. The predicted molar refractivity (Wildman–Crippen MR) is 142 cm³/mol. The highest BCUT2D eigenvalue weighted by Gasteiger charge is 2.54. The minimum atomic E-state index is -5.14. The summed E-state index contributed by atoms with van der Waals surface area (Å²) < 4.78 is 33.4. The maximum absolute atomic E-state index is 13.2. The van der Waals surface area contributed by atoms with E-state index in [0.717, 1.165) is 23.5 Å². The molecule has 2 aromatic heterocycles. The first-order valence-electron chi connectivity index (χ1n) is 12.1. The summed E-state index contributed by atoms with van der Waals surface area (Å²) in [5.41, 5.74) is 2.35. The van der Waals surface area contributed by atoms with Crippen LogP contribution in [0.5, 0.6) is 5.88 Å². The van der Waals surface area contributed by atoms with Crippen LogP contribution in [-0.4, -0.2) is 96.2 Å². The minimum Gasteiger partial charge on any atom is -0.492 e. The molecule has 0 unspecified atom stereocenters. The molecule has 4 rings (SSSR count). The molecule has 2 atom stereocenters. The SMILES string of the molecule is Nc1nc(C(=NOC2(C(=O)O)CCC2)C(=O)N[C@@H]2C(=O)N(S(=O)(=O)O)[C@@H]2CNC(=O)NCc2cc(=O)cc(O)n2O)cs1. The number of carbonyl (C=O) groups excluding carboxylic acids is 3. The van der Waals surface area contributed by atoms with Gasteiger partial charge in [0.2, 0.25) is 11.5 Å². The van der Waals surface area contributed by atoms with Crippen LogP contribution in [0.2, 0.25) is 0 Å². The molecular weight excluding hydrogens is 620 g/mol. The molecular formula is C21H24N8O12S2. The van der Waals surface area contributed by atoms with Gasteiger partial charge in [-0.15, -0.1) is 11.3 Å². The fourth-order valence-electron chi connectivity index (χ4n) is 4.11. The Labute approximate surface area is 244 Å². The van der Waals surface area contributed by atoms with Crippen molar-refractivity contribution in [3.8, 4) is 5.88 Å². The molecule has 1 saturated heterocycles. The molecule has 0 radical (unpaired) electrons. The topological polar surface area (TPSA) is 305 Å². The normalized spacial score (nSPS) is 19.5. The third-order valence-corrected chi connectivity index (χ3v) is 8.14. The van der Waals surface area contributed by atoms with Crippen molar-refractivity contribution in [1.82, 2.24) is 30.0 Å². The van der Waals surface area contributed by atoms with E-state index in [1.54, 1.807) is 0 Å². The Bertz CT molecular complexity index is 1670. The van der Waals surface area contributed by atoms with Crippen LogP contribution < -0.4 is 27.1 Å². The van der Waals surface area contributed by atoms with E-state index in [0.29, 0.717) is 6.42 Å². The van der Waals surface area contributed by atoms with Gasteiger partial charge in [0.1, 0.15) is 11.7 Å². The number of hydrogen-bond donors (Lipinski definition) is 8. The summed E-state index contributed by atoms with van der Waals surface area (Å²) in [5, 5.41) is 40.4. The van der Waals surface area contributed by atoms with Crippen molar-refractivity contribution in [1.29, 1.82) is 0 Å². The minimum absolute atomic E-state index is 0.0147. The standard InChI is InChI=1S/C21H24N8O12S2/c22-19-25-11(8-42-19)14(27-41-21(18(34)35)2-1-3-21)16(32)26-15-12(29(17(15)33)43(38,39)40)7-24-20(36)23-6-9-4-10(30)5-13(31)28(9)37/h4-5,8,12,15,31,37H,1-3,6-7H2,(H2,22,25)(H,26,32)(H,34,35)(H2,23,24,36)(H,38,39,40)/t12-,15+/m1/s1. The third-order valence-electron chi connectivity index (χ3n) is 6.52. The quantitative estimate of drug-likeness (QED) is 0.0414. The lowest BCUT2D eigenvalue weighted by molar-refractivity contribution is -0.178. The van der Waals surface area contributed by atoms with Gasteiger partial charge in [0.15, 0.2) is 16.3 Å². The van der Waals surface area contributed by atoms with E-state index in [4.69, 9.17) is 10.6 Å². The number of nitrogens with two attached hydrogens (primary N) is 1. The number of β-lactam (4-membered cyclic amide) rings is 1. The van der Waals surface area contributed by atoms with Crippen LogP contribution in [0.3, 0.4) is 0 Å². The van der Waals surface area contributed by atoms with E-state index in [9.17, 15) is 52.4 Å². The van der Waals surface area contributed by atoms with Gasteiger partial charge in [-0.3, -0.25) is 18.9 Å². The molecule has 3 heterocycles. The highest BCUT2D eigenvalue weighted by atomic mass is 32.2. The smallest absolute Gasteiger partial charge is 0.362 e. The number of thiazole rings is 1. The number of nitrogens with zero attached hydrogens (tertiary/aromatic N) is 4. The molecule has 2 aliphatic rings. The van der Waals surface area contributed by atoms with Crippen LogP contribution in [0.1, 0.15) is 30.7 Å². The lowest BCUT2D eigenvalue weighted by atomic mass is 9.80. The molecule has 22 heteroatoms. The number of amides is 4. The molecule has 1 aliphatic heterocycles. The zero-order valence-corrected chi connectivity index (χ0v) is 23.3. The van der Waals surface area contributed by atoms with Crippen molar-refractivity contribution in [2.45, 2.75) is 43.5 Å². The number of oxime groups is 1. The highest BCUT2D eigenvalue weighted by molar-refractivity contribution is 7.84. The lowest BCUT2D eigenvalue weighted by Gasteiger charge is -2.44. The molecule has 0 bridgehead atoms. The number of carboxylic acid groups (broad SMARTS) is 1. The second-order valence-corrected chi connectivity index (χ2v) is 11.5. The van der Waals surface area contributed by atoms with E-state index >= 15 is 0 Å². The number of aromatic nitrogens is 2. The first-order chi connectivity index (χ1) is 20.1. The van der Waals surface area contributed by atoms with Gasteiger partial charge in [-0.05, 0) is 6.42 Å². The van der Waals surface area contributed by atoms with Gasteiger partial charge in [-0.25, -0.2) is 18.9 Å². The summed E-state index contributed by atoms with van der Waals surface area (Å²) in [6.45, 7) is -1.13. The first kappa shape index (κ1) is 31.0. The average molecular weight is 645 g/mol. The monoisotopic (exact) mass is 644 g/mol. The Morgan fingerprint density at radius 2 is 1.93 bits per heavy atom. The van der Waals surface area contributed by atoms with Crippen molar-refractivity contribution in [3.05, 3.63) is 39.1 Å². The lowest BCUT2D eigenvalue weighted by Crippen LogP contribution is -2.74. The number of aromatic hydroxyl groups is 1. The summed E-state index contributed by atoms with van der Waals surface area (Å²) in [7, 11) is -5.14. The Morgan fingerprint density at radius 1 is 1.23 bits per heavy atom. The summed E-state index contributed by atoms with van der Waals surface area (Å²) in [6.07, 6.45) is 0.759. The van der Waals surface area contributed by atoms with Crippen molar-refractivity contribution >= 4 is 56.3 Å². The van der Waals surface area contributed by atoms with E-state index in [2.05, 4.69) is 26.1 Å². The number of carbonyl (C=O) groups is 4. The summed E-state index contributed by atoms with van der Waals surface area (Å²) in [4.78, 5) is 70.4. The molecule has 0 aromatic carbocycles. The molecule has 2 aromatic rings. The predicted octanol–water partition coefficient (Wildman–Crippen LogP) is -2.44. The second kappa shape index (κ2) is 11.7. The number of carboxylic acids is 1. The molecule has 4 amide bonds. The zero-order chi connectivity index (χ0) is 31.7. The van der Waals surface area contributed by atoms with Gasteiger partial charge < -0.3 is 41.9 Å². The van der Waals surface area contributed by atoms with E-state index in [1.165, 1.54) is 5.38 Å². The molecule has 0 spiro atoms.